The van der Waals surface area contributed by atoms with Crippen molar-refractivity contribution in [2.75, 3.05) is 18.4 Å². The summed E-state index contributed by atoms with van der Waals surface area (Å²) in [7, 11) is -3.60. The fourth-order valence-corrected chi connectivity index (χ4v) is 5.67. The fraction of sp³-hybridized carbons (Fsp3) is 0.353. The monoisotopic (exact) mass is 409 g/mol. The average molecular weight is 409 g/mol. The number of nitro groups is 1. The molecule has 8 nitrogen and oxygen atoms in total. The highest BCUT2D eigenvalue weighted by molar-refractivity contribution is 7.91. The van der Waals surface area contributed by atoms with Crippen molar-refractivity contribution >= 4 is 38.6 Å². The van der Waals surface area contributed by atoms with Crippen LogP contribution in [0.2, 0.25) is 0 Å². The summed E-state index contributed by atoms with van der Waals surface area (Å²) in [4.78, 5) is 23.1. The van der Waals surface area contributed by atoms with Crippen LogP contribution in [0.25, 0.3) is 0 Å². The molecule has 0 saturated carbocycles. The standard InChI is InChI=1S/C17H19N3O5S2/c1-12-6-7-14(20(22)23)10-15(12)18-17(21)13-4-2-8-19(11-13)27(24,25)16-5-3-9-26-16/h3,5-7,9-10,13H,2,4,8,11H2,1H3,(H,18,21). The number of nitrogens with zero attached hydrogens (tertiary/aromatic N) is 2. The molecule has 144 valence electrons. The van der Waals surface area contributed by atoms with Gasteiger partial charge in [0.1, 0.15) is 4.21 Å². The van der Waals surface area contributed by atoms with Crippen LogP contribution >= 0.6 is 11.3 Å². The predicted octanol–water partition coefficient (Wildman–Crippen LogP) is 3.00. The Morgan fingerprint density at radius 3 is 2.81 bits per heavy atom. The van der Waals surface area contributed by atoms with Crippen LogP contribution in [-0.4, -0.2) is 36.6 Å². The van der Waals surface area contributed by atoms with Crippen LogP contribution < -0.4 is 5.32 Å². The number of sulfonamides is 1. The second kappa shape index (κ2) is 7.75. The zero-order chi connectivity index (χ0) is 19.6. The number of aryl methyl sites for hydroxylation is 1. The van der Waals surface area contributed by atoms with E-state index in [1.165, 1.54) is 16.4 Å². The number of non-ortho nitro benzene ring substituents is 1. The van der Waals surface area contributed by atoms with Crippen molar-refractivity contribution in [1.82, 2.24) is 4.31 Å². The highest BCUT2D eigenvalue weighted by Crippen LogP contribution is 2.28. The molecule has 1 aromatic heterocycles. The maximum Gasteiger partial charge on any atom is 0.271 e. The van der Waals surface area contributed by atoms with E-state index < -0.39 is 20.9 Å². The van der Waals surface area contributed by atoms with Gasteiger partial charge >= 0.3 is 0 Å². The van der Waals surface area contributed by atoms with Gasteiger partial charge in [-0.15, -0.1) is 11.3 Å². The third-order valence-electron chi connectivity index (χ3n) is 4.53. The highest BCUT2D eigenvalue weighted by atomic mass is 32.2. The van der Waals surface area contributed by atoms with Gasteiger partial charge in [0.25, 0.3) is 15.7 Å². The maximum atomic E-state index is 12.7. The smallest absolute Gasteiger partial charge is 0.271 e. The summed E-state index contributed by atoms with van der Waals surface area (Å²) in [6.45, 7) is 2.22. The quantitative estimate of drug-likeness (QED) is 0.603. The van der Waals surface area contributed by atoms with Crippen molar-refractivity contribution in [1.29, 1.82) is 0 Å². The Hall–Kier alpha value is -2.30. The van der Waals surface area contributed by atoms with E-state index in [1.54, 1.807) is 30.5 Å². The van der Waals surface area contributed by atoms with Gasteiger partial charge in [0.2, 0.25) is 5.91 Å². The van der Waals surface area contributed by atoms with E-state index in [0.29, 0.717) is 30.6 Å². The molecule has 1 N–H and O–H groups in total. The van der Waals surface area contributed by atoms with Crippen LogP contribution in [0.5, 0.6) is 0 Å². The molecule has 0 bridgehead atoms. The molecular formula is C17H19N3O5S2. The van der Waals surface area contributed by atoms with E-state index in [2.05, 4.69) is 5.32 Å². The van der Waals surface area contributed by atoms with E-state index in [1.807, 2.05) is 0 Å². The van der Waals surface area contributed by atoms with Gasteiger partial charge in [-0.2, -0.15) is 4.31 Å². The zero-order valence-corrected chi connectivity index (χ0v) is 16.3. The molecule has 1 aromatic carbocycles. The van der Waals surface area contributed by atoms with E-state index in [4.69, 9.17) is 0 Å². The van der Waals surface area contributed by atoms with Gasteiger partial charge in [-0.25, -0.2) is 8.42 Å². The summed E-state index contributed by atoms with van der Waals surface area (Å²) in [5.74, 6) is -0.836. The second-order valence-corrected chi connectivity index (χ2v) is 9.49. The van der Waals surface area contributed by atoms with Crippen LogP contribution in [0.1, 0.15) is 18.4 Å². The minimum Gasteiger partial charge on any atom is -0.325 e. The number of carbonyl (C=O) groups excluding carboxylic acids is 1. The normalized spacial score (nSPS) is 18.2. The van der Waals surface area contributed by atoms with Crippen LogP contribution in [0.15, 0.2) is 39.9 Å². The van der Waals surface area contributed by atoms with Gasteiger partial charge in [-0.1, -0.05) is 12.1 Å². The molecule has 0 aliphatic carbocycles. The summed E-state index contributed by atoms with van der Waals surface area (Å²) in [6, 6.07) is 7.49. The topological polar surface area (TPSA) is 110 Å². The molecule has 1 aliphatic rings. The first kappa shape index (κ1) is 19.5. The number of hydrogen-bond acceptors (Lipinski definition) is 6. The molecule has 1 amide bonds. The van der Waals surface area contributed by atoms with Gasteiger partial charge in [0.15, 0.2) is 0 Å². The molecule has 2 heterocycles. The molecule has 1 unspecified atom stereocenters. The number of amides is 1. The molecule has 27 heavy (non-hydrogen) atoms. The number of rotatable bonds is 5. The maximum absolute atomic E-state index is 12.7. The lowest BCUT2D eigenvalue weighted by molar-refractivity contribution is -0.384. The molecule has 1 aliphatic heterocycles. The van der Waals surface area contributed by atoms with Crippen molar-refractivity contribution in [3.05, 3.63) is 51.4 Å². The Labute approximate surface area is 161 Å². The van der Waals surface area contributed by atoms with E-state index in [-0.39, 0.29) is 22.3 Å². The molecular weight excluding hydrogens is 390 g/mol. The predicted molar refractivity (Wildman–Crippen MR) is 102 cm³/mol. The number of nitrogens with one attached hydrogen (secondary N) is 1. The van der Waals surface area contributed by atoms with Crippen LogP contribution in [0.3, 0.4) is 0 Å². The Bertz CT molecular complexity index is 957. The number of benzene rings is 1. The van der Waals surface area contributed by atoms with Crippen molar-refractivity contribution in [2.24, 2.45) is 5.92 Å². The van der Waals surface area contributed by atoms with E-state index in [0.717, 1.165) is 11.3 Å². The first-order valence-electron chi connectivity index (χ1n) is 8.38. The van der Waals surface area contributed by atoms with Gasteiger partial charge in [-0.3, -0.25) is 14.9 Å². The van der Waals surface area contributed by atoms with Crippen LogP contribution in [0, 0.1) is 23.0 Å². The van der Waals surface area contributed by atoms with Gasteiger partial charge < -0.3 is 5.32 Å². The number of piperidine rings is 1. The van der Waals surface area contributed by atoms with Crippen molar-refractivity contribution in [2.45, 2.75) is 24.0 Å². The van der Waals surface area contributed by atoms with Crippen molar-refractivity contribution in [3.63, 3.8) is 0 Å². The minimum absolute atomic E-state index is 0.0973. The van der Waals surface area contributed by atoms with E-state index in [9.17, 15) is 23.3 Å². The summed E-state index contributed by atoms with van der Waals surface area (Å²) in [5, 5.41) is 15.4. The third-order valence-corrected chi connectivity index (χ3v) is 7.77. The van der Waals surface area contributed by atoms with Gasteiger partial charge in [-0.05, 0) is 36.8 Å². The summed E-state index contributed by atoms with van der Waals surface area (Å²) >= 11 is 1.15. The molecule has 3 rings (SSSR count). The molecule has 10 heteroatoms. The lowest BCUT2D eigenvalue weighted by atomic mass is 9.98. The van der Waals surface area contributed by atoms with Gasteiger partial charge in [0.05, 0.1) is 16.5 Å². The van der Waals surface area contributed by atoms with E-state index >= 15 is 0 Å². The van der Waals surface area contributed by atoms with Crippen molar-refractivity contribution < 1.29 is 18.1 Å². The second-order valence-electron chi connectivity index (χ2n) is 6.38. The lowest BCUT2D eigenvalue weighted by Crippen LogP contribution is -2.43. The Morgan fingerprint density at radius 2 is 2.15 bits per heavy atom. The molecule has 1 fully saturated rings. The van der Waals surface area contributed by atoms with Crippen LogP contribution in [0.4, 0.5) is 11.4 Å². The number of carbonyl (C=O) groups is 1. The molecule has 0 spiro atoms. The number of hydrogen-bond donors (Lipinski definition) is 1. The number of anilines is 1. The third kappa shape index (κ3) is 4.18. The molecule has 1 saturated heterocycles. The minimum atomic E-state index is -3.60. The fourth-order valence-electron chi connectivity index (χ4n) is 3.01. The Balaban J connectivity index is 1.74. The zero-order valence-electron chi connectivity index (χ0n) is 14.6. The van der Waals surface area contributed by atoms with Crippen LogP contribution in [-0.2, 0) is 14.8 Å². The highest BCUT2D eigenvalue weighted by Gasteiger charge is 2.34. The summed E-state index contributed by atoms with van der Waals surface area (Å²) in [6.07, 6.45) is 1.15. The SMILES string of the molecule is Cc1ccc([N+](=O)[O-])cc1NC(=O)C1CCCN(S(=O)(=O)c2cccs2)C1. The van der Waals surface area contributed by atoms with Crippen molar-refractivity contribution in [3.8, 4) is 0 Å². The summed E-state index contributed by atoms with van der Waals surface area (Å²) < 4.78 is 27.0. The summed E-state index contributed by atoms with van der Waals surface area (Å²) in [5.41, 5.74) is 0.960. The number of nitro benzene ring substituents is 1. The number of thiophene rings is 1. The van der Waals surface area contributed by atoms with Gasteiger partial charge in [0, 0.05) is 25.2 Å². The molecule has 0 radical (unpaired) electrons. The first-order valence-corrected chi connectivity index (χ1v) is 10.7. The Kier molecular flexibility index (Phi) is 5.59. The molecule has 2 aromatic rings. The lowest BCUT2D eigenvalue weighted by Gasteiger charge is -2.30. The average Bonchev–Trinajstić information content (AvgIpc) is 3.19. The first-order chi connectivity index (χ1) is 12.8. The Morgan fingerprint density at radius 1 is 1.37 bits per heavy atom. The molecule has 1 atom stereocenters. The largest absolute Gasteiger partial charge is 0.325 e.